The quantitative estimate of drug-likeness (QED) is 0.239. The van der Waals surface area contributed by atoms with Gasteiger partial charge in [0.1, 0.15) is 6.04 Å². The summed E-state index contributed by atoms with van der Waals surface area (Å²) in [5.74, 6) is 0.958. The lowest BCUT2D eigenvalue weighted by atomic mass is 10.0. The molecule has 0 aromatic heterocycles. The van der Waals surface area contributed by atoms with Crippen molar-refractivity contribution in [2.24, 2.45) is 0 Å². The van der Waals surface area contributed by atoms with Crippen molar-refractivity contribution in [3.8, 4) is 0 Å². The third-order valence-electron chi connectivity index (χ3n) is 6.11. The lowest BCUT2D eigenvalue weighted by molar-refractivity contribution is -0.139. The number of rotatable bonds is 13. The molecule has 0 aliphatic carbocycles. The minimum Gasteiger partial charge on any atom is -0.354 e. The van der Waals surface area contributed by atoms with Gasteiger partial charge < -0.3 is 10.2 Å². The van der Waals surface area contributed by atoms with E-state index in [9.17, 15) is 9.59 Å². The van der Waals surface area contributed by atoms with Crippen LogP contribution in [0.4, 0.5) is 0 Å². The third-order valence-corrected chi connectivity index (χ3v) is 7.61. The second-order valence-electron chi connectivity index (χ2n) is 8.92. The summed E-state index contributed by atoms with van der Waals surface area (Å²) in [5.41, 5.74) is 4.48. The molecule has 2 amide bonds. The molecule has 3 aromatic rings. The fraction of sp³-hybridized carbons (Fsp3) is 0.333. The molecule has 0 saturated carbocycles. The molecule has 36 heavy (non-hydrogen) atoms. The largest absolute Gasteiger partial charge is 0.354 e. The molecule has 3 rings (SSSR count). The van der Waals surface area contributed by atoms with Gasteiger partial charge in [-0.1, -0.05) is 96.0 Å². The van der Waals surface area contributed by atoms with Crippen molar-refractivity contribution in [1.82, 2.24) is 10.2 Å². The highest BCUT2D eigenvalue weighted by Crippen LogP contribution is 2.20. The first-order chi connectivity index (χ1) is 17.5. The molecular formula is C30H35BrN2O2S. The number of amides is 2. The zero-order valence-corrected chi connectivity index (χ0v) is 23.5. The third kappa shape index (κ3) is 8.82. The summed E-state index contributed by atoms with van der Waals surface area (Å²) < 4.78 is 0.982. The summed E-state index contributed by atoms with van der Waals surface area (Å²) in [6.45, 7) is 5.19. The number of carbonyl (C=O) groups excluding carboxylic acids is 2. The van der Waals surface area contributed by atoms with E-state index >= 15 is 0 Å². The Hall–Kier alpha value is -2.57. The van der Waals surface area contributed by atoms with Crippen LogP contribution < -0.4 is 5.32 Å². The van der Waals surface area contributed by atoms with Gasteiger partial charge in [0.15, 0.2) is 0 Å². The van der Waals surface area contributed by atoms with Gasteiger partial charge in [-0.15, -0.1) is 11.8 Å². The number of nitrogens with zero attached hydrogens (tertiary/aromatic N) is 1. The van der Waals surface area contributed by atoms with E-state index in [1.807, 2.05) is 66.7 Å². The summed E-state index contributed by atoms with van der Waals surface area (Å²) >= 11 is 5.08. The van der Waals surface area contributed by atoms with Crippen LogP contribution in [0.1, 0.15) is 42.0 Å². The van der Waals surface area contributed by atoms with Gasteiger partial charge in [0.25, 0.3) is 0 Å². The molecule has 4 nitrogen and oxygen atoms in total. The Bertz CT molecular complexity index is 1110. The average Bonchev–Trinajstić information content (AvgIpc) is 2.89. The van der Waals surface area contributed by atoms with Crippen LogP contribution in [-0.2, 0) is 28.3 Å². The second-order valence-corrected chi connectivity index (χ2v) is 10.8. The molecule has 0 aliphatic rings. The van der Waals surface area contributed by atoms with Crippen LogP contribution in [0, 0.1) is 6.92 Å². The summed E-state index contributed by atoms with van der Waals surface area (Å²) in [6, 6.07) is 25.5. The monoisotopic (exact) mass is 566 g/mol. The minimum atomic E-state index is -0.584. The summed E-state index contributed by atoms with van der Waals surface area (Å²) in [5, 5.41) is 3.08. The first kappa shape index (κ1) is 28.0. The van der Waals surface area contributed by atoms with E-state index in [0.29, 0.717) is 25.3 Å². The zero-order valence-electron chi connectivity index (χ0n) is 21.1. The predicted octanol–water partition coefficient (Wildman–Crippen LogP) is 6.55. The van der Waals surface area contributed by atoms with E-state index < -0.39 is 6.04 Å². The van der Waals surface area contributed by atoms with Gasteiger partial charge in [-0.05, 0) is 47.7 Å². The highest BCUT2D eigenvalue weighted by Gasteiger charge is 2.30. The number of halogens is 1. The van der Waals surface area contributed by atoms with Gasteiger partial charge in [0.2, 0.25) is 11.8 Å². The summed E-state index contributed by atoms with van der Waals surface area (Å²) in [6.07, 6.45) is 2.39. The fourth-order valence-electron chi connectivity index (χ4n) is 3.95. The van der Waals surface area contributed by atoms with Crippen molar-refractivity contribution in [3.05, 3.63) is 106 Å². The molecule has 6 heteroatoms. The van der Waals surface area contributed by atoms with Crippen LogP contribution in [0.25, 0.3) is 0 Å². The average molecular weight is 568 g/mol. The number of hydrogen-bond donors (Lipinski definition) is 1. The Labute approximate surface area is 228 Å². The van der Waals surface area contributed by atoms with Crippen LogP contribution in [0.3, 0.4) is 0 Å². The predicted molar refractivity (Wildman–Crippen MR) is 154 cm³/mol. The van der Waals surface area contributed by atoms with Crippen LogP contribution in [-0.4, -0.2) is 35.1 Å². The number of benzene rings is 3. The van der Waals surface area contributed by atoms with Gasteiger partial charge >= 0.3 is 0 Å². The zero-order chi connectivity index (χ0) is 25.8. The molecule has 0 aliphatic heterocycles. The number of nitrogens with one attached hydrogen (secondary N) is 1. The minimum absolute atomic E-state index is 0.0249. The van der Waals surface area contributed by atoms with Crippen LogP contribution in [0.15, 0.2) is 83.3 Å². The molecule has 0 heterocycles. The van der Waals surface area contributed by atoms with Crippen molar-refractivity contribution >= 4 is 39.5 Å². The van der Waals surface area contributed by atoms with Crippen molar-refractivity contribution in [2.75, 3.05) is 12.3 Å². The van der Waals surface area contributed by atoms with Crippen molar-refractivity contribution in [2.45, 2.75) is 51.4 Å². The Morgan fingerprint density at radius 2 is 1.64 bits per heavy atom. The molecule has 0 saturated heterocycles. The molecule has 0 spiro atoms. The summed E-state index contributed by atoms with van der Waals surface area (Å²) in [7, 11) is 0. The highest BCUT2D eigenvalue weighted by atomic mass is 79.9. The number of hydrogen-bond acceptors (Lipinski definition) is 3. The molecule has 190 valence electrons. The topological polar surface area (TPSA) is 49.4 Å². The smallest absolute Gasteiger partial charge is 0.243 e. The SMILES string of the molecule is CCCCNC(=O)[C@H](Cc1ccccc1)N(Cc1ccc(Br)cc1)C(=O)CSCc1ccccc1C. The van der Waals surface area contributed by atoms with Gasteiger partial charge in [0.05, 0.1) is 5.75 Å². The molecule has 1 atom stereocenters. The molecule has 1 N–H and O–H groups in total. The van der Waals surface area contributed by atoms with Crippen molar-refractivity contribution < 1.29 is 9.59 Å². The highest BCUT2D eigenvalue weighted by molar-refractivity contribution is 9.10. The molecule has 0 unspecified atom stereocenters. The van der Waals surface area contributed by atoms with Gasteiger partial charge in [-0.2, -0.15) is 0 Å². The number of carbonyl (C=O) groups is 2. The lowest BCUT2D eigenvalue weighted by Gasteiger charge is -2.31. The van der Waals surface area contributed by atoms with E-state index in [1.54, 1.807) is 16.7 Å². The molecular weight excluding hydrogens is 532 g/mol. The normalized spacial score (nSPS) is 11.6. The standard InChI is InChI=1S/C30H35BrN2O2S/c1-3-4-18-32-30(35)28(19-24-11-6-5-7-12-24)33(20-25-14-16-27(31)17-15-25)29(34)22-36-21-26-13-9-8-10-23(26)2/h5-17,28H,3-4,18-22H2,1-2H3,(H,32,35)/t28-/m0/s1. The maximum atomic E-state index is 13.7. The number of unbranched alkanes of at least 4 members (excludes halogenated alkanes) is 1. The van der Waals surface area contributed by atoms with Crippen LogP contribution >= 0.6 is 27.7 Å². The Morgan fingerprint density at radius 3 is 2.33 bits per heavy atom. The first-order valence-corrected chi connectivity index (χ1v) is 14.4. The van der Waals surface area contributed by atoms with E-state index in [-0.39, 0.29) is 11.8 Å². The van der Waals surface area contributed by atoms with E-state index in [4.69, 9.17) is 0 Å². The van der Waals surface area contributed by atoms with Gasteiger partial charge in [-0.25, -0.2) is 0 Å². The Kier molecular flexibility index (Phi) is 11.6. The molecule has 0 fully saturated rings. The maximum absolute atomic E-state index is 13.7. The van der Waals surface area contributed by atoms with Gasteiger partial charge in [-0.3, -0.25) is 9.59 Å². The molecule has 0 radical (unpaired) electrons. The Balaban J connectivity index is 1.83. The van der Waals surface area contributed by atoms with E-state index in [2.05, 4.69) is 47.2 Å². The fourth-order valence-corrected chi connectivity index (χ4v) is 5.20. The first-order valence-electron chi connectivity index (χ1n) is 12.5. The molecule has 0 bridgehead atoms. The summed E-state index contributed by atoms with van der Waals surface area (Å²) in [4.78, 5) is 28.9. The van der Waals surface area contributed by atoms with Gasteiger partial charge in [0, 0.05) is 29.7 Å². The lowest BCUT2D eigenvalue weighted by Crippen LogP contribution is -2.51. The second kappa shape index (κ2) is 14.9. The van der Waals surface area contributed by atoms with Crippen molar-refractivity contribution in [1.29, 1.82) is 0 Å². The Morgan fingerprint density at radius 1 is 0.944 bits per heavy atom. The maximum Gasteiger partial charge on any atom is 0.243 e. The number of thioether (sulfide) groups is 1. The van der Waals surface area contributed by atoms with E-state index in [1.165, 1.54) is 11.1 Å². The van der Waals surface area contributed by atoms with E-state index in [0.717, 1.165) is 34.2 Å². The number of aryl methyl sites for hydroxylation is 1. The van der Waals surface area contributed by atoms with Crippen LogP contribution in [0.2, 0.25) is 0 Å². The van der Waals surface area contributed by atoms with Crippen LogP contribution in [0.5, 0.6) is 0 Å². The molecule has 3 aromatic carbocycles. The van der Waals surface area contributed by atoms with Crippen molar-refractivity contribution in [3.63, 3.8) is 0 Å².